The van der Waals surface area contributed by atoms with Crippen molar-refractivity contribution in [2.24, 2.45) is 0 Å². The second-order valence-corrected chi connectivity index (χ2v) is 7.30. The number of likely N-dealkylation sites (N-methyl/N-ethyl adjacent to an activating group) is 1. The van der Waals surface area contributed by atoms with E-state index in [-0.39, 0.29) is 18.3 Å². The zero-order valence-corrected chi connectivity index (χ0v) is 18.0. The summed E-state index contributed by atoms with van der Waals surface area (Å²) < 4.78 is 11.7. The number of hydrogen-bond donors (Lipinski definition) is 0. The molecule has 0 aliphatic rings. The predicted octanol–water partition coefficient (Wildman–Crippen LogP) is 3.94. The molecular weight excluding hydrogens is 398 g/mol. The molecule has 0 aliphatic heterocycles. The summed E-state index contributed by atoms with van der Waals surface area (Å²) in [6, 6.07) is 13.1. The molecule has 150 valence electrons. The Morgan fingerprint density at radius 3 is 2.46 bits per heavy atom. The fourth-order valence-electron chi connectivity index (χ4n) is 2.68. The largest absolute Gasteiger partial charge is 0.497 e. The number of fused-ring (bicyclic) bond motifs is 1. The van der Waals surface area contributed by atoms with E-state index >= 15 is 0 Å². The number of carbonyl (C=O) groups excluding carboxylic acids is 1. The van der Waals surface area contributed by atoms with Gasteiger partial charge in [0.1, 0.15) is 11.5 Å². The summed E-state index contributed by atoms with van der Waals surface area (Å²) in [6.07, 6.45) is 0. The lowest BCUT2D eigenvalue weighted by Crippen LogP contribution is -2.37. The smallest absolute Gasteiger partial charge is 0.263 e. The van der Waals surface area contributed by atoms with Crippen molar-refractivity contribution in [3.05, 3.63) is 48.0 Å². The molecule has 28 heavy (non-hydrogen) atoms. The van der Waals surface area contributed by atoms with Gasteiger partial charge in [0.15, 0.2) is 5.13 Å². The summed E-state index contributed by atoms with van der Waals surface area (Å²) in [5.41, 5.74) is 1.37. The lowest BCUT2D eigenvalue weighted by Gasteiger charge is -2.23. The molecule has 1 amide bonds. The van der Waals surface area contributed by atoms with Crippen molar-refractivity contribution in [1.82, 2.24) is 9.88 Å². The normalized spacial score (nSPS) is 10.6. The molecule has 0 N–H and O–H groups in total. The maximum atomic E-state index is 13.4. The van der Waals surface area contributed by atoms with E-state index in [0.717, 1.165) is 16.8 Å². The van der Waals surface area contributed by atoms with E-state index in [1.165, 1.54) is 11.3 Å². The monoisotopic (exact) mass is 421 g/mol. The van der Waals surface area contributed by atoms with Crippen molar-refractivity contribution in [2.75, 3.05) is 46.3 Å². The summed E-state index contributed by atoms with van der Waals surface area (Å²) in [6.45, 7) is 1.25. The number of aromatic nitrogens is 1. The summed E-state index contributed by atoms with van der Waals surface area (Å²) in [4.78, 5) is 21.8. The molecule has 0 unspecified atom stereocenters. The van der Waals surface area contributed by atoms with Crippen LogP contribution in [0, 0.1) is 0 Å². The molecule has 3 rings (SSSR count). The number of nitrogens with zero attached hydrogens (tertiary/aromatic N) is 3. The second kappa shape index (κ2) is 9.73. The van der Waals surface area contributed by atoms with Crippen molar-refractivity contribution in [2.45, 2.75) is 0 Å². The number of ether oxygens (including phenoxy) is 2. The van der Waals surface area contributed by atoms with Crippen LogP contribution in [-0.2, 0) is 0 Å². The van der Waals surface area contributed by atoms with Crippen molar-refractivity contribution >= 4 is 45.0 Å². The van der Waals surface area contributed by atoms with Gasteiger partial charge in [-0.25, -0.2) is 4.98 Å². The molecule has 0 bridgehead atoms. The molecule has 2 aromatic carbocycles. The Morgan fingerprint density at radius 2 is 1.82 bits per heavy atom. The first-order chi connectivity index (χ1) is 13.0. The highest BCUT2D eigenvalue weighted by atomic mass is 35.5. The highest BCUT2D eigenvalue weighted by Gasteiger charge is 2.24. The van der Waals surface area contributed by atoms with E-state index < -0.39 is 0 Å². The molecule has 0 spiro atoms. The number of methoxy groups -OCH3 is 2. The van der Waals surface area contributed by atoms with Crippen LogP contribution in [0.1, 0.15) is 10.4 Å². The zero-order valence-electron chi connectivity index (χ0n) is 16.3. The third kappa shape index (κ3) is 4.73. The van der Waals surface area contributed by atoms with Crippen LogP contribution in [0.5, 0.6) is 11.5 Å². The van der Waals surface area contributed by atoms with E-state index in [1.54, 1.807) is 37.3 Å². The van der Waals surface area contributed by atoms with Crippen LogP contribution in [0.25, 0.3) is 10.2 Å². The first-order valence-corrected chi connectivity index (χ1v) is 9.39. The van der Waals surface area contributed by atoms with Gasteiger partial charge in [0.2, 0.25) is 0 Å². The van der Waals surface area contributed by atoms with Gasteiger partial charge in [0, 0.05) is 19.2 Å². The number of benzene rings is 2. The molecule has 0 saturated heterocycles. The first-order valence-electron chi connectivity index (χ1n) is 8.57. The molecule has 0 fully saturated rings. The number of halogens is 1. The lowest BCUT2D eigenvalue weighted by atomic mass is 10.1. The molecule has 1 aromatic heterocycles. The minimum atomic E-state index is -0.143. The number of rotatable bonds is 7. The van der Waals surface area contributed by atoms with Crippen LogP contribution in [0.4, 0.5) is 5.13 Å². The van der Waals surface area contributed by atoms with Crippen molar-refractivity contribution in [3.8, 4) is 11.5 Å². The van der Waals surface area contributed by atoms with Crippen molar-refractivity contribution in [1.29, 1.82) is 0 Å². The second-order valence-electron chi connectivity index (χ2n) is 6.29. The molecule has 0 saturated carbocycles. The van der Waals surface area contributed by atoms with Crippen molar-refractivity contribution < 1.29 is 14.3 Å². The Balaban J connectivity index is 0.00000280. The number of hydrogen-bond acceptors (Lipinski definition) is 6. The molecule has 0 atom stereocenters. The van der Waals surface area contributed by atoms with E-state index in [9.17, 15) is 4.79 Å². The maximum Gasteiger partial charge on any atom is 0.263 e. The Bertz CT molecular complexity index is 912. The maximum absolute atomic E-state index is 13.4. The standard InChI is InChI=1S/C20H23N3O3S.ClH/c1-22(2)11-12-23(20-21-16-7-5-6-8-18(16)27-20)19(24)15-10-9-14(25-3)13-17(15)26-4;/h5-10,13H,11-12H2,1-4H3;1H. The Morgan fingerprint density at radius 1 is 1.07 bits per heavy atom. The quantitative estimate of drug-likeness (QED) is 0.578. The average molecular weight is 422 g/mol. The predicted molar refractivity (Wildman–Crippen MR) is 117 cm³/mol. The van der Waals surface area contributed by atoms with Gasteiger partial charge in [0.25, 0.3) is 5.91 Å². The Kier molecular flexibility index (Phi) is 7.62. The van der Waals surface area contributed by atoms with E-state index in [1.807, 2.05) is 43.3 Å². The number of anilines is 1. The van der Waals surface area contributed by atoms with Crippen LogP contribution in [0.15, 0.2) is 42.5 Å². The molecule has 8 heteroatoms. The van der Waals surface area contributed by atoms with Crippen LogP contribution in [0.3, 0.4) is 0 Å². The molecule has 0 aliphatic carbocycles. The van der Waals surface area contributed by atoms with Gasteiger partial charge < -0.3 is 14.4 Å². The molecule has 0 radical (unpaired) electrons. The summed E-state index contributed by atoms with van der Waals surface area (Å²) >= 11 is 1.51. The topological polar surface area (TPSA) is 54.9 Å². The third-order valence-electron chi connectivity index (χ3n) is 4.17. The van der Waals surface area contributed by atoms with Gasteiger partial charge in [-0.15, -0.1) is 12.4 Å². The van der Waals surface area contributed by atoms with Gasteiger partial charge in [-0.2, -0.15) is 0 Å². The Labute approximate surface area is 175 Å². The van der Waals surface area contributed by atoms with Gasteiger partial charge in [-0.1, -0.05) is 23.5 Å². The first kappa shape index (κ1) is 21.9. The van der Waals surface area contributed by atoms with E-state index in [4.69, 9.17) is 9.47 Å². The number of amides is 1. The fraction of sp³-hybridized carbons (Fsp3) is 0.300. The molecule has 1 heterocycles. The minimum absolute atomic E-state index is 0. The highest BCUT2D eigenvalue weighted by Crippen LogP contribution is 2.32. The molecule has 3 aromatic rings. The fourth-order valence-corrected chi connectivity index (χ4v) is 3.67. The third-order valence-corrected chi connectivity index (χ3v) is 5.23. The van der Waals surface area contributed by atoms with E-state index in [0.29, 0.717) is 28.7 Å². The summed E-state index contributed by atoms with van der Waals surface area (Å²) in [7, 11) is 7.10. The van der Waals surface area contributed by atoms with Crippen LogP contribution in [-0.4, -0.2) is 57.2 Å². The highest BCUT2D eigenvalue weighted by molar-refractivity contribution is 7.22. The minimum Gasteiger partial charge on any atom is -0.497 e. The van der Waals surface area contributed by atoms with Gasteiger partial charge in [-0.3, -0.25) is 9.69 Å². The average Bonchev–Trinajstić information content (AvgIpc) is 3.10. The van der Waals surface area contributed by atoms with Gasteiger partial charge in [0.05, 0.1) is 30.0 Å². The van der Waals surface area contributed by atoms with Gasteiger partial charge >= 0.3 is 0 Å². The number of carbonyl (C=O) groups is 1. The van der Waals surface area contributed by atoms with Crippen LogP contribution < -0.4 is 14.4 Å². The van der Waals surface area contributed by atoms with Crippen LogP contribution >= 0.6 is 23.7 Å². The Hall–Kier alpha value is -2.35. The van der Waals surface area contributed by atoms with E-state index in [2.05, 4.69) is 4.98 Å². The summed E-state index contributed by atoms with van der Waals surface area (Å²) in [5.74, 6) is 0.981. The zero-order chi connectivity index (χ0) is 19.4. The SMILES string of the molecule is COc1ccc(C(=O)N(CCN(C)C)c2nc3ccccc3s2)c(OC)c1.Cl. The number of para-hydroxylation sites is 1. The molecule has 6 nitrogen and oxygen atoms in total. The summed E-state index contributed by atoms with van der Waals surface area (Å²) in [5, 5.41) is 0.681. The number of thiazole rings is 1. The van der Waals surface area contributed by atoms with Crippen molar-refractivity contribution in [3.63, 3.8) is 0 Å². The molecular formula is C20H24ClN3O3S. The lowest BCUT2D eigenvalue weighted by molar-refractivity contribution is 0.0982. The van der Waals surface area contributed by atoms with Crippen LogP contribution in [0.2, 0.25) is 0 Å². The van der Waals surface area contributed by atoms with Gasteiger partial charge in [-0.05, 0) is 38.4 Å².